The van der Waals surface area contributed by atoms with Crippen molar-refractivity contribution >= 4 is 0 Å². The fourth-order valence-corrected chi connectivity index (χ4v) is 1.60. The summed E-state index contributed by atoms with van der Waals surface area (Å²) in [6.07, 6.45) is 2.73. The minimum Gasteiger partial charge on any atom is -0.382 e. The van der Waals surface area contributed by atoms with E-state index in [0.717, 1.165) is 32.1 Å². The minimum atomic E-state index is 0.154. The first-order valence-corrected chi connectivity index (χ1v) is 6.63. The Morgan fingerprint density at radius 1 is 1.00 bits per heavy atom. The lowest BCUT2D eigenvalue weighted by Gasteiger charge is -2.15. The molecule has 4 heteroatoms. The topological polar surface area (TPSA) is 42.5 Å². The average molecular weight is 246 g/mol. The Balaban J connectivity index is 3.17. The number of methoxy groups -OCH3 is 2. The van der Waals surface area contributed by atoms with E-state index in [9.17, 15) is 0 Å². The summed E-state index contributed by atoms with van der Waals surface area (Å²) >= 11 is 0. The Morgan fingerprint density at radius 3 is 2.29 bits per heavy atom. The molecule has 0 rings (SSSR count). The van der Waals surface area contributed by atoms with Crippen molar-refractivity contribution in [1.82, 2.24) is 10.6 Å². The summed E-state index contributed by atoms with van der Waals surface area (Å²) in [5.41, 5.74) is 0. The Labute approximate surface area is 106 Å². The van der Waals surface area contributed by atoms with Gasteiger partial charge in [0.15, 0.2) is 0 Å². The molecule has 0 heterocycles. The van der Waals surface area contributed by atoms with E-state index in [1.54, 1.807) is 14.2 Å². The van der Waals surface area contributed by atoms with Crippen molar-refractivity contribution < 1.29 is 9.47 Å². The van der Waals surface area contributed by atoms with E-state index in [2.05, 4.69) is 24.5 Å². The predicted molar refractivity (Wildman–Crippen MR) is 72.5 cm³/mol. The highest BCUT2D eigenvalue weighted by atomic mass is 16.5. The molecule has 1 unspecified atom stereocenters. The zero-order valence-electron chi connectivity index (χ0n) is 11.9. The van der Waals surface area contributed by atoms with Crippen molar-refractivity contribution in [3.63, 3.8) is 0 Å². The summed E-state index contributed by atoms with van der Waals surface area (Å²) in [7, 11) is 3.41. The van der Waals surface area contributed by atoms with Gasteiger partial charge >= 0.3 is 0 Å². The van der Waals surface area contributed by atoms with E-state index < -0.39 is 0 Å². The summed E-state index contributed by atoms with van der Waals surface area (Å²) < 4.78 is 10.3. The van der Waals surface area contributed by atoms with E-state index in [4.69, 9.17) is 9.47 Å². The van der Waals surface area contributed by atoms with Crippen LogP contribution in [0.4, 0.5) is 0 Å². The lowest BCUT2D eigenvalue weighted by Crippen LogP contribution is -2.36. The van der Waals surface area contributed by atoms with Crippen LogP contribution in [0.2, 0.25) is 0 Å². The van der Waals surface area contributed by atoms with Crippen molar-refractivity contribution in [3.05, 3.63) is 0 Å². The van der Waals surface area contributed by atoms with Gasteiger partial charge in [-0.2, -0.15) is 0 Å². The highest BCUT2D eigenvalue weighted by molar-refractivity contribution is 4.61. The Hall–Kier alpha value is -0.160. The standard InChI is InChI=1S/C13H30N2O2/c1-12(2)6-5-7-14-8-9-15-10-13(17-4)11-16-3/h12-15H,5-11H2,1-4H3. The second-order valence-corrected chi connectivity index (χ2v) is 4.80. The molecule has 0 aromatic rings. The fraction of sp³-hybridized carbons (Fsp3) is 1.00. The van der Waals surface area contributed by atoms with Gasteiger partial charge in [-0.15, -0.1) is 0 Å². The monoisotopic (exact) mass is 246 g/mol. The van der Waals surface area contributed by atoms with E-state index in [1.165, 1.54) is 12.8 Å². The summed E-state index contributed by atoms with van der Waals surface area (Å²) in [6.45, 7) is 9.13. The van der Waals surface area contributed by atoms with Gasteiger partial charge in [0.05, 0.1) is 12.7 Å². The number of ether oxygens (including phenoxy) is 2. The fourth-order valence-electron chi connectivity index (χ4n) is 1.60. The molecule has 0 saturated heterocycles. The van der Waals surface area contributed by atoms with E-state index in [1.807, 2.05) is 0 Å². The zero-order chi connectivity index (χ0) is 12.9. The maximum Gasteiger partial charge on any atom is 0.0928 e. The highest BCUT2D eigenvalue weighted by Crippen LogP contribution is 2.01. The lowest BCUT2D eigenvalue weighted by molar-refractivity contribution is 0.0291. The number of hydrogen-bond donors (Lipinski definition) is 2. The molecule has 0 bridgehead atoms. The van der Waals surface area contributed by atoms with Crippen LogP contribution in [0.25, 0.3) is 0 Å². The number of rotatable bonds is 12. The molecule has 0 aliphatic heterocycles. The third-order valence-corrected chi connectivity index (χ3v) is 2.67. The Morgan fingerprint density at radius 2 is 1.71 bits per heavy atom. The van der Waals surface area contributed by atoms with Crippen molar-refractivity contribution in [2.75, 3.05) is 47.0 Å². The summed E-state index contributed by atoms with van der Waals surface area (Å²) in [5, 5.41) is 6.78. The van der Waals surface area contributed by atoms with Gasteiger partial charge < -0.3 is 20.1 Å². The normalized spacial score (nSPS) is 13.2. The Bertz CT molecular complexity index is 154. The molecule has 104 valence electrons. The number of hydrogen-bond acceptors (Lipinski definition) is 4. The molecule has 0 saturated carbocycles. The molecule has 0 aromatic heterocycles. The molecule has 1 atom stereocenters. The van der Waals surface area contributed by atoms with Crippen LogP contribution in [0.3, 0.4) is 0 Å². The van der Waals surface area contributed by atoms with Gasteiger partial charge in [0, 0.05) is 33.9 Å². The molecule has 0 aromatic carbocycles. The van der Waals surface area contributed by atoms with E-state index in [-0.39, 0.29) is 6.10 Å². The molecule has 2 N–H and O–H groups in total. The van der Waals surface area contributed by atoms with Crippen LogP contribution in [-0.4, -0.2) is 53.1 Å². The first-order chi connectivity index (χ1) is 8.20. The maximum atomic E-state index is 5.25. The summed E-state index contributed by atoms with van der Waals surface area (Å²) in [5.74, 6) is 0.812. The molecular formula is C13H30N2O2. The van der Waals surface area contributed by atoms with Gasteiger partial charge in [0.2, 0.25) is 0 Å². The van der Waals surface area contributed by atoms with Gasteiger partial charge in [-0.25, -0.2) is 0 Å². The Kier molecular flexibility index (Phi) is 12.2. The van der Waals surface area contributed by atoms with Crippen LogP contribution in [0.5, 0.6) is 0 Å². The zero-order valence-corrected chi connectivity index (χ0v) is 11.9. The van der Waals surface area contributed by atoms with Gasteiger partial charge in [-0.05, 0) is 25.3 Å². The molecule has 0 aliphatic carbocycles. The van der Waals surface area contributed by atoms with Crippen LogP contribution >= 0.6 is 0 Å². The van der Waals surface area contributed by atoms with Crippen molar-refractivity contribution in [3.8, 4) is 0 Å². The van der Waals surface area contributed by atoms with Crippen molar-refractivity contribution in [2.24, 2.45) is 5.92 Å². The minimum absolute atomic E-state index is 0.154. The summed E-state index contributed by atoms with van der Waals surface area (Å²) in [4.78, 5) is 0. The molecular weight excluding hydrogens is 216 g/mol. The van der Waals surface area contributed by atoms with E-state index >= 15 is 0 Å². The molecule has 0 fully saturated rings. The largest absolute Gasteiger partial charge is 0.382 e. The lowest BCUT2D eigenvalue weighted by atomic mass is 10.1. The number of nitrogens with one attached hydrogen (secondary N) is 2. The first-order valence-electron chi connectivity index (χ1n) is 6.63. The van der Waals surface area contributed by atoms with Crippen LogP contribution in [0.15, 0.2) is 0 Å². The van der Waals surface area contributed by atoms with Gasteiger partial charge in [-0.3, -0.25) is 0 Å². The highest BCUT2D eigenvalue weighted by Gasteiger charge is 2.04. The second kappa shape index (κ2) is 12.3. The van der Waals surface area contributed by atoms with Gasteiger partial charge in [0.1, 0.15) is 0 Å². The van der Waals surface area contributed by atoms with Crippen LogP contribution in [-0.2, 0) is 9.47 Å². The van der Waals surface area contributed by atoms with Crippen molar-refractivity contribution in [1.29, 1.82) is 0 Å². The van der Waals surface area contributed by atoms with Crippen LogP contribution in [0, 0.1) is 5.92 Å². The average Bonchev–Trinajstić information content (AvgIpc) is 2.30. The van der Waals surface area contributed by atoms with E-state index in [0.29, 0.717) is 6.61 Å². The molecule has 17 heavy (non-hydrogen) atoms. The van der Waals surface area contributed by atoms with Gasteiger partial charge in [-0.1, -0.05) is 13.8 Å². The van der Waals surface area contributed by atoms with Gasteiger partial charge in [0.25, 0.3) is 0 Å². The van der Waals surface area contributed by atoms with Crippen LogP contribution < -0.4 is 10.6 Å². The second-order valence-electron chi connectivity index (χ2n) is 4.80. The van der Waals surface area contributed by atoms with Crippen molar-refractivity contribution in [2.45, 2.75) is 32.8 Å². The third kappa shape index (κ3) is 12.1. The first kappa shape index (κ1) is 16.8. The summed E-state index contributed by atoms with van der Waals surface area (Å²) in [6, 6.07) is 0. The predicted octanol–water partition coefficient (Wildman–Crippen LogP) is 1.26. The third-order valence-electron chi connectivity index (χ3n) is 2.67. The molecule has 0 spiro atoms. The molecule has 0 radical (unpaired) electrons. The molecule has 0 aliphatic rings. The quantitative estimate of drug-likeness (QED) is 0.509. The maximum absolute atomic E-state index is 5.25. The molecule has 0 amide bonds. The molecule has 4 nitrogen and oxygen atoms in total. The smallest absolute Gasteiger partial charge is 0.0928 e. The SMILES string of the molecule is COCC(CNCCNCCCC(C)C)OC. The van der Waals surface area contributed by atoms with Crippen LogP contribution in [0.1, 0.15) is 26.7 Å².